The third-order valence-electron chi connectivity index (χ3n) is 4.70. The second-order valence-corrected chi connectivity index (χ2v) is 6.35. The predicted molar refractivity (Wildman–Crippen MR) is 86.3 cm³/mol. The standard InChI is InChI=1S/C18H30O4/c1-5-13(3)15-7-9-16(10-8-15)22-18(20)12-11-17(19)21-14(4)6-2/h11-16H,5-10H2,1-4H3/b12-11+. The van der Waals surface area contributed by atoms with E-state index in [2.05, 4.69) is 13.8 Å². The molecular weight excluding hydrogens is 280 g/mol. The van der Waals surface area contributed by atoms with Crippen LogP contribution in [0.2, 0.25) is 0 Å². The van der Waals surface area contributed by atoms with Crippen molar-refractivity contribution in [3.05, 3.63) is 12.2 Å². The molecule has 0 saturated heterocycles. The number of esters is 2. The van der Waals surface area contributed by atoms with E-state index in [1.54, 1.807) is 0 Å². The van der Waals surface area contributed by atoms with Crippen molar-refractivity contribution in [1.29, 1.82) is 0 Å². The van der Waals surface area contributed by atoms with E-state index in [-0.39, 0.29) is 12.2 Å². The maximum Gasteiger partial charge on any atom is 0.331 e. The lowest BCUT2D eigenvalue weighted by molar-refractivity contribution is -0.146. The number of rotatable bonds is 7. The smallest absolute Gasteiger partial charge is 0.331 e. The largest absolute Gasteiger partial charge is 0.460 e. The average Bonchev–Trinajstić information content (AvgIpc) is 2.52. The van der Waals surface area contributed by atoms with E-state index >= 15 is 0 Å². The van der Waals surface area contributed by atoms with Gasteiger partial charge in [0.1, 0.15) is 6.10 Å². The number of hydrogen-bond donors (Lipinski definition) is 0. The van der Waals surface area contributed by atoms with E-state index in [9.17, 15) is 9.59 Å². The molecule has 1 aliphatic carbocycles. The molecular formula is C18H30O4. The van der Waals surface area contributed by atoms with Crippen molar-refractivity contribution in [1.82, 2.24) is 0 Å². The molecule has 0 aromatic heterocycles. The fourth-order valence-corrected chi connectivity index (χ4v) is 2.77. The second kappa shape index (κ2) is 9.65. The molecule has 0 N–H and O–H groups in total. The lowest BCUT2D eigenvalue weighted by atomic mass is 9.79. The van der Waals surface area contributed by atoms with Gasteiger partial charge in [0.25, 0.3) is 0 Å². The first kappa shape index (κ1) is 18.7. The number of ether oxygens (including phenoxy) is 2. The highest BCUT2D eigenvalue weighted by atomic mass is 16.5. The second-order valence-electron chi connectivity index (χ2n) is 6.35. The average molecular weight is 310 g/mol. The summed E-state index contributed by atoms with van der Waals surface area (Å²) in [6.45, 7) is 8.27. The summed E-state index contributed by atoms with van der Waals surface area (Å²) >= 11 is 0. The molecule has 1 fully saturated rings. The van der Waals surface area contributed by atoms with Gasteiger partial charge in [-0.2, -0.15) is 0 Å². The van der Waals surface area contributed by atoms with E-state index in [1.807, 2.05) is 13.8 Å². The van der Waals surface area contributed by atoms with Crippen LogP contribution in [0, 0.1) is 11.8 Å². The Morgan fingerprint density at radius 2 is 1.59 bits per heavy atom. The van der Waals surface area contributed by atoms with Gasteiger partial charge in [-0.25, -0.2) is 9.59 Å². The topological polar surface area (TPSA) is 52.6 Å². The normalized spacial score (nSPS) is 24.7. The Balaban J connectivity index is 2.30. The van der Waals surface area contributed by atoms with Crippen molar-refractivity contribution < 1.29 is 19.1 Å². The van der Waals surface area contributed by atoms with Crippen LogP contribution in [0.5, 0.6) is 0 Å². The molecule has 4 heteroatoms. The number of hydrogen-bond acceptors (Lipinski definition) is 4. The minimum Gasteiger partial charge on any atom is -0.460 e. The minimum absolute atomic E-state index is 0.0111. The first-order valence-corrected chi connectivity index (χ1v) is 8.55. The van der Waals surface area contributed by atoms with Crippen LogP contribution in [0.15, 0.2) is 12.2 Å². The Kier molecular flexibility index (Phi) is 8.21. The minimum atomic E-state index is -0.494. The Bertz CT molecular complexity index is 381. The van der Waals surface area contributed by atoms with Crippen molar-refractivity contribution >= 4 is 11.9 Å². The molecule has 0 radical (unpaired) electrons. The monoisotopic (exact) mass is 310 g/mol. The SMILES string of the molecule is CCC(C)OC(=O)/C=C/C(=O)OC1CCC(C(C)CC)CC1. The van der Waals surface area contributed by atoms with E-state index in [0.717, 1.165) is 50.0 Å². The molecule has 1 rings (SSSR count). The fourth-order valence-electron chi connectivity index (χ4n) is 2.77. The van der Waals surface area contributed by atoms with Gasteiger partial charge in [-0.3, -0.25) is 0 Å². The van der Waals surface area contributed by atoms with E-state index in [1.165, 1.54) is 12.5 Å². The zero-order chi connectivity index (χ0) is 16.5. The van der Waals surface area contributed by atoms with Crippen LogP contribution in [0.3, 0.4) is 0 Å². The summed E-state index contributed by atoms with van der Waals surface area (Å²) in [6.07, 6.45) is 8.22. The first-order chi connectivity index (χ1) is 10.5. The van der Waals surface area contributed by atoms with Crippen molar-refractivity contribution in [2.45, 2.75) is 78.4 Å². The summed E-state index contributed by atoms with van der Waals surface area (Å²) in [7, 11) is 0. The number of carbonyl (C=O) groups is 2. The summed E-state index contributed by atoms with van der Waals surface area (Å²) in [4.78, 5) is 23.2. The Morgan fingerprint density at radius 1 is 1.00 bits per heavy atom. The van der Waals surface area contributed by atoms with Crippen molar-refractivity contribution in [3.8, 4) is 0 Å². The maximum atomic E-state index is 11.7. The lowest BCUT2D eigenvalue weighted by Crippen LogP contribution is -2.26. The van der Waals surface area contributed by atoms with Gasteiger partial charge in [-0.15, -0.1) is 0 Å². The van der Waals surface area contributed by atoms with Gasteiger partial charge in [-0.1, -0.05) is 27.2 Å². The summed E-state index contributed by atoms with van der Waals surface area (Å²) < 4.78 is 10.5. The highest BCUT2D eigenvalue weighted by Crippen LogP contribution is 2.32. The zero-order valence-corrected chi connectivity index (χ0v) is 14.3. The van der Waals surface area contributed by atoms with E-state index in [4.69, 9.17) is 9.47 Å². The van der Waals surface area contributed by atoms with Crippen LogP contribution in [-0.2, 0) is 19.1 Å². The third-order valence-corrected chi connectivity index (χ3v) is 4.70. The van der Waals surface area contributed by atoms with Gasteiger partial charge in [0.2, 0.25) is 0 Å². The Hall–Kier alpha value is -1.32. The Morgan fingerprint density at radius 3 is 2.14 bits per heavy atom. The van der Waals surface area contributed by atoms with Gasteiger partial charge in [0.15, 0.2) is 0 Å². The van der Waals surface area contributed by atoms with Crippen LogP contribution in [0.1, 0.15) is 66.2 Å². The highest BCUT2D eigenvalue weighted by Gasteiger charge is 2.26. The summed E-state index contributed by atoms with van der Waals surface area (Å²) in [5.41, 5.74) is 0. The van der Waals surface area contributed by atoms with Crippen molar-refractivity contribution in [2.24, 2.45) is 11.8 Å². The fraction of sp³-hybridized carbons (Fsp3) is 0.778. The maximum absolute atomic E-state index is 11.7. The van der Waals surface area contributed by atoms with Crippen LogP contribution >= 0.6 is 0 Å². The van der Waals surface area contributed by atoms with Crippen LogP contribution in [-0.4, -0.2) is 24.1 Å². The predicted octanol–water partition coefficient (Wildman–Crippen LogP) is 4.03. The lowest BCUT2D eigenvalue weighted by Gasteiger charge is -2.31. The van der Waals surface area contributed by atoms with Crippen molar-refractivity contribution in [3.63, 3.8) is 0 Å². The third kappa shape index (κ3) is 6.63. The summed E-state index contributed by atoms with van der Waals surface area (Å²) in [5.74, 6) is 0.549. The molecule has 2 unspecified atom stereocenters. The van der Waals surface area contributed by atoms with Crippen LogP contribution < -0.4 is 0 Å². The van der Waals surface area contributed by atoms with Crippen LogP contribution in [0.25, 0.3) is 0 Å². The molecule has 126 valence electrons. The molecule has 2 atom stereocenters. The molecule has 0 amide bonds. The molecule has 1 aliphatic rings. The first-order valence-electron chi connectivity index (χ1n) is 8.55. The van der Waals surface area contributed by atoms with Gasteiger partial charge >= 0.3 is 11.9 Å². The molecule has 1 saturated carbocycles. The number of carbonyl (C=O) groups excluding carboxylic acids is 2. The molecule has 0 spiro atoms. The zero-order valence-electron chi connectivity index (χ0n) is 14.3. The van der Waals surface area contributed by atoms with Crippen LogP contribution in [0.4, 0.5) is 0 Å². The highest BCUT2D eigenvalue weighted by molar-refractivity contribution is 5.91. The van der Waals surface area contributed by atoms with Gasteiger partial charge in [-0.05, 0) is 50.9 Å². The van der Waals surface area contributed by atoms with E-state index < -0.39 is 11.9 Å². The molecule has 0 aromatic carbocycles. The molecule has 4 nitrogen and oxygen atoms in total. The van der Waals surface area contributed by atoms with Gasteiger partial charge in [0, 0.05) is 12.2 Å². The van der Waals surface area contributed by atoms with Gasteiger partial charge < -0.3 is 9.47 Å². The summed E-state index contributed by atoms with van der Waals surface area (Å²) in [5, 5.41) is 0. The quantitative estimate of drug-likeness (QED) is 0.526. The molecule has 0 bridgehead atoms. The molecule has 22 heavy (non-hydrogen) atoms. The summed E-state index contributed by atoms with van der Waals surface area (Å²) in [6, 6.07) is 0. The van der Waals surface area contributed by atoms with Gasteiger partial charge in [0.05, 0.1) is 6.10 Å². The van der Waals surface area contributed by atoms with Crippen molar-refractivity contribution in [2.75, 3.05) is 0 Å². The molecule has 0 aromatic rings. The molecule has 0 aliphatic heterocycles. The molecule has 0 heterocycles. The Labute approximate surface area is 134 Å². The van der Waals surface area contributed by atoms with E-state index in [0.29, 0.717) is 0 Å².